The van der Waals surface area contributed by atoms with Gasteiger partial charge in [-0.1, -0.05) is 0 Å². The number of methoxy groups -OCH3 is 2. The van der Waals surface area contributed by atoms with E-state index in [1.807, 2.05) is 23.2 Å². The largest absolute Gasteiger partial charge is 0.496 e. The third kappa shape index (κ3) is 8.08. The third-order valence-corrected chi connectivity index (χ3v) is 13.2. The Morgan fingerprint density at radius 1 is 0.820 bits per heavy atom. The minimum atomic E-state index is -1.10. The molecule has 3 fully saturated rings. The number of amides is 6. The summed E-state index contributed by atoms with van der Waals surface area (Å²) < 4.78 is 29.0. The summed E-state index contributed by atoms with van der Waals surface area (Å²) in [4.78, 5) is 85.4. The molecule has 1 unspecified atom stereocenters. The van der Waals surface area contributed by atoms with Crippen LogP contribution in [0, 0.1) is 11.7 Å². The third-order valence-electron chi connectivity index (χ3n) is 13.2. The number of aryl methyl sites for hydroxylation is 1. The van der Waals surface area contributed by atoms with Gasteiger partial charge in [0.2, 0.25) is 11.8 Å². The van der Waals surface area contributed by atoms with Crippen LogP contribution in [-0.2, 0) is 36.1 Å². The number of fused-ring (bicyclic) bond motifs is 2. The lowest BCUT2D eigenvalue weighted by molar-refractivity contribution is -0.136. The molecule has 8 rings (SSSR count). The smallest absolute Gasteiger partial charge is 0.317 e. The Kier molecular flexibility index (Phi) is 11.9. The van der Waals surface area contributed by atoms with Crippen molar-refractivity contribution in [2.75, 3.05) is 78.5 Å². The van der Waals surface area contributed by atoms with Gasteiger partial charge >= 0.3 is 6.03 Å². The Hall–Kier alpha value is -5.81. The van der Waals surface area contributed by atoms with Crippen LogP contribution in [0.1, 0.15) is 69.5 Å². The first-order valence-corrected chi connectivity index (χ1v) is 21.1. The molecule has 6 heterocycles. The Balaban J connectivity index is 0.848. The molecule has 2 aromatic carbocycles. The molecule has 3 saturated heterocycles. The maximum atomic E-state index is 15.5. The Labute approximate surface area is 353 Å². The quantitative estimate of drug-likeness (QED) is 0.289. The average Bonchev–Trinajstić information content (AvgIpc) is 3.50. The van der Waals surface area contributed by atoms with Gasteiger partial charge in [-0.05, 0) is 93.0 Å². The second-order valence-electron chi connectivity index (χ2n) is 16.6. The van der Waals surface area contributed by atoms with Crippen molar-refractivity contribution in [3.63, 3.8) is 0 Å². The second kappa shape index (κ2) is 17.3. The molecule has 5 aliphatic heterocycles. The van der Waals surface area contributed by atoms with E-state index in [0.717, 1.165) is 96.7 Å². The molecule has 61 heavy (non-hydrogen) atoms. The summed E-state index contributed by atoms with van der Waals surface area (Å²) in [7, 11) is 6.65. The van der Waals surface area contributed by atoms with Crippen LogP contribution in [0.3, 0.4) is 0 Å². The van der Waals surface area contributed by atoms with Crippen molar-refractivity contribution in [1.82, 2.24) is 34.8 Å². The van der Waals surface area contributed by atoms with Gasteiger partial charge in [-0.3, -0.25) is 44.0 Å². The van der Waals surface area contributed by atoms with Gasteiger partial charge in [0.25, 0.3) is 17.4 Å². The molecule has 0 aliphatic carbocycles. The fraction of sp³-hybridized carbons (Fsp3) is 0.500. The Morgan fingerprint density at radius 3 is 2.13 bits per heavy atom. The summed E-state index contributed by atoms with van der Waals surface area (Å²) in [6.07, 6.45) is 5.65. The lowest BCUT2D eigenvalue weighted by Crippen LogP contribution is -2.54. The lowest BCUT2D eigenvalue weighted by atomic mass is 9.91. The van der Waals surface area contributed by atoms with E-state index >= 15 is 4.39 Å². The van der Waals surface area contributed by atoms with Gasteiger partial charge in [0.05, 0.1) is 43.1 Å². The van der Waals surface area contributed by atoms with E-state index in [1.165, 1.54) is 6.07 Å². The van der Waals surface area contributed by atoms with Gasteiger partial charge in [0, 0.05) is 77.1 Å². The predicted octanol–water partition coefficient (Wildman–Crippen LogP) is 2.73. The second-order valence-corrected chi connectivity index (χ2v) is 16.6. The summed E-state index contributed by atoms with van der Waals surface area (Å²) in [5.41, 5.74) is 4.50. The standard InChI is InChI=1S/C44H53FN8O8/c1-46-44(59)52-14-10-28-31(23-48(2)41(56)32(28)25-52)27-19-37(60-3)33(38(20-27)61-4)24-50-12-8-26(9-13-50)7-11-49-15-17-51(18-16-49)36-22-30-29(21-34(36)45)42(57)53(43(30)58)35-5-6-39(54)47-40(35)55/h19-23,26,35H,5-18,24-25H2,1-4H3,(H,46,59)(H,47,54,55). The number of hydrogen-bond acceptors (Lipinski definition) is 11. The number of halogens is 1. The number of pyridine rings is 1. The Morgan fingerprint density at radius 2 is 1.49 bits per heavy atom. The van der Waals surface area contributed by atoms with Crippen LogP contribution >= 0.6 is 0 Å². The number of piperazine rings is 1. The number of aromatic nitrogens is 1. The highest BCUT2D eigenvalue weighted by Crippen LogP contribution is 2.39. The number of urea groups is 1. The van der Waals surface area contributed by atoms with Gasteiger partial charge in [0.15, 0.2) is 0 Å². The molecular formula is C44H53FN8O8. The molecule has 2 N–H and O–H groups in total. The number of rotatable bonds is 10. The van der Waals surface area contributed by atoms with Crippen molar-refractivity contribution >= 4 is 35.3 Å². The molecule has 0 spiro atoms. The number of imide groups is 2. The first-order chi connectivity index (χ1) is 29.4. The van der Waals surface area contributed by atoms with Crippen LogP contribution in [0.25, 0.3) is 11.1 Å². The topological polar surface area (TPSA) is 166 Å². The number of carbonyl (C=O) groups excluding carboxylic acids is 5. The number of nitrogens with one attached hydrogen (secondary N) is 2. The Bertz CT molecular complexity index is 2310. The highest BCUT2D eigenvalue weighted by molar-refractivity contribution is 6.23. The number of piperidine rings is 2. The normalized spacial score (nSPS) is 20.1. The number of ether oxygens (including phenoxy) is 2. The average molecular weight is 841 g/mol. The molecule has 0 bridgehead atoms. The highest BCUT2D eigenvalue weighted by atomic mass is 19.1. The summed E-state index contributed by atoms with van der Waals surface area (Å²) in [6, 6.07) is 5.27. The van der Waals surface area contributed by atoms with Crippen LogP contribution in [0.4, 0.5) is 14.9 Å². The van der Waals surface area contributed by atoms with Gasteiger partial charge in [-0.15, -0.1) is 0 Å². The molecule has 1 atom stereocenters. The predicted molar refractivity (Wildman–Crippen MR) is 223 cm³/mol. The van der Waals surface area contributed by atoms with Crippen molar-refractivity contribution in [1.29, 1.82) is 0 Å². The van der Waals surface area contributed by atoms with Crippen molar-refractivity contribution in [2.24, 2.45) is 13.0 Å². The molecule has 0 saturated carbocycles. The van der Waals surface area contributed by atoms with Gasteiger partial charge in [-0.2, -0.15) is 0 Å². The van der Waals surface area contributed by atoms with Crippen LogP contribution < -0.4 is 30.6 Å². The molecule has 17 heteroatoms. The SMILES string of the molecule is CNC(=O)N1CCc2c(-c3cc(OC)c(CN4CCC(CCN5CCN(c6cc7c(cc6F)C(=O)N(C6CCC(=O)NC6=O)C7=O)CC5)CC4)c(OC)c3)cn(C)c(=O)c2C1. The van der Waals surface area contributed by atoms with E-state index in [9.17, 15) is 28.8 Å². The van der Waals surface area contributed by atoms with E-state index in [4.69, 9.17) is 9.47 Å². The van der Waals surface area contributed by atoms with Gasteiger partial charge in [0.1, 0.15) is 23.4 Å². The zero-order valence-electron chi connectivity index (χ0n) is 35.2. The van der Waals surface area contributed by atoms with Crippen molar-refractivity contribution in [3.05, 3.63) is 74.5 Å². The monoisotopic (exact) mass is 840 g/mol. The van der Waals surface area contributed by atoms with E-state index in [1.54, 1.807) is 37.8 Å². The molecular weight excluding hydrogens is 788 g/mol. The number of hydrogen-bond donors (Lipinski definition) is 2. The van der Waals surface area contributed by atoms with Crippen LogP contribution in [0.5, 0.6) is 11.5 Å². The zero-order chi connectivity index (χ0) is 43.1. The zero-order valence-corrected chi connectivity index (χ0v) is 35.2. The van der Waals surface area contributed by atoms with E-state index in [2.05, 4.69) is 20.4 Å². The fourth-order valence-corrected chi connectivity index (χ4v) is 9.63. The van der Waals surface area contributed by atoms with Crippen LogP contribution in [-0.4, -0.2) is 133 Å². The summed E-state index contributed by atoms with van der Waals surface area (Å²) in [5.74, 6) is -1.10. The first-order valence-electron chi connectivity index (χ1n) is 21.1. The number of benzene rings is 2. The van der Waals surface area contributed by atoms with Crippen LogP contribution in [0.2, 0.25) is 0 Å². The van der Waals surface area contributed by atoms with Gasteiger partial charge in [-0.25, -0.2) is 9.18 Å². The number of anilines is 1. The lowest BCUT2D eigenvalue weighted by Gasteiger charge is -2.38. The van der Waals surface area contributed by atoms with Crippen molar-refractivity contribution in [2.45, 2.75) is 57.7 Å². The molecule has 16 nitrogen and oxygen atoms in total. The summed E-state index contributed by atoms with van der Waals surface area (Å²) in [5, 5.41) is 4.85. The van der Waals surface area contributed by atoms with Crippen LogP contribution in [0.15, 0.2) is 35.3 Å². The van der Waals surface area contributed by atoms with Crippen molar-refractivity contribution < 1.29 is 37.8 Å². The highest BCUT2D eigenvalue weighted by Gasteiger charge is 2.45. The first kappa shape index (κ1) is 41.9. The molecule has 3 aromatic rings. The molecule has 1 aromatic heterocycles. The van der Waals surface area contributed by atoms with E-state index in [-0.39, 0.29) is 47.8 Å². The molecule has 324 valence electrons. The molecule has 6 amide bonds. The number of nitrogens with zero attached hydrogens (tertiary/aromatic N) is 6. The fourth-order valence-electron chi connectivity index (χ4n) is 9.63. The van der Waals surface area contributed by atoms with E-state index < -0.39 is 35.5 Å². The number of carbonyl (C=O) groups is 5. The minimum Gasteiger partial charge on any atom is -0.496 e. The molecule has 5 aliphatic rings. The van der Waals surface area contributed by atoms with Gasteiger partial charge < -0.3 is 29.2 Å². The number of likely N-dealkylation sites (tertiary alicyclic amines) is 1. The van der Waals surface area contributed by atoms with E-state index in [0.29, 0.717) is 44.1 Å². The summed E-state index contributed by atoms with van der Waals surface area (Å²) in [6.45, 7) is 6.82. The van der Waals surface area contributed by atoms with Crippen molar-refractivity contribution in [3.8, 4) is 22.6 Å². The maximum absolute atomic E-state index is 15.5. The molecule has 0 radical (unpaired) electrons. The summed E-state index contributed by atoms with van der Waals surface area (Å²) >= 11 is 0. The minimum absolute atomic E-state index is 0.0159. The maximum Gasteiger partial charge on any atom is 0.317 e.